The molecule has 2 rings (SSSR count). The van der Waals surface area contributed by atoms with Gasteiger partial charge in [0, 0.05) is 13.1 Å². The highest BCUT2D eigenvalue weighted by atomic mass is 16.5. The first kappa shape index (κ1) is 19.3. The molecule has 0 bridgehead atoms. The smallest absolute Gasteiger partial charge is 0.307 e. The molecule has 1 aliphatic carbocycles. The average molecular weight is 347 g/mol. The Kier molecular flexibility index (Phi) is 7.29. The predicted molar refractivity (Wildman–Crippen MR) is 96.6 cm³/mol. The Bertz CT molecular complexity index is 595. The molecular weight excluding hydrogens is 318 g/mol. The lowest BCUT2D eigenvalue weighted by Crippen LogP contribution is -2.35. The molecular formula is C20H29NO4. The fourth-order valence-corrected chi connectivity index (χ4v) is 2.76. The lowest BCUT2D eigenvalue weighted by Gasteiger charge is -2.22. The summed E-state index contributed by atoms with van der Waals surface area (Å²) in [6.45, 7) is 7.72. The third-order valence-electron chi connectivity index (χ3n) is 4.32. The quantitative estimate of drug-likeness (QED) is 0.610. The molecule has 0 unspecified atom stereocenters. The van der Waals surface area contributed by atoms with Crippen molar-refractivity contribution in [2.45, 2.75) is 46.5 Å². The first-order chi connectivity index (χ1) is 12.0. The minimum Gasteiger partial charge on any atom is -0.493 e. The van der Waals surface area contributed by atoms with Gasteiger partial charge in [0.15, 0.2) is 0 Å². The number of carbonyl (C=O) groups excluding carboxylic acids is 2. The second-order valence-electron chi connectivity index (χ2n) is 6.71. The molecule has 0 radical (unpaired) electrons. The molecule has 1 fully saturated rings. The third kappa shape index (κ3) is 6.77. The molecule has 1 aromatic rings. The Hall–Kier alpha value is -2.04. The second-order valence-corrected chi connectivity index (χ2v) is 6.71. The molecule has 0 aromatic heterocycles. The Morgan fingerprint density at radius 1 is 1.20 bits per heavy atom. The fourth-order valence-electron chi connectivity index (χ4n) is 2.76. The first-order valence-electron chi connectivity index (χ1n) is 9.13. The molecule has 0 aliphatic heterocycles. The van der Waals surface area contributed by atoms with Crippen molar-refractivity contribution in [2.24, 2.45) is 5.92 Å². The van der Waals surface area contributed by atoms with Gasteiger partial charge < -0.3 is 14.4 Å². The number of ether oxygens (including phenoxy) is 2. The summed E-state index contributed by atoms with van der Waals surface area (Å²) in [6, 6.07) is 6.01. The van der Waals surface area contributed by atoms with Gasteiger partial charge >= 0.3 is 5.97 Å². The minimum atomic E-state index is -0.248. The molecule has 0 atom stereocenters. The minimum absolute atomic E-state index is 0.0426. The van der Waals surface area contributed by atoms with Crippen LogP contribution in [-0.2, 0) is 14.3 Å². The highest BCUT2D eigenvalue weighted by Crippen LogP contribution is 2.30. The van der Waals surface area contributed by atoms with Gasteiger partial charge in [0.2, 0.25) is 5.91 Å². The van der Waals surface area contributed by atoms with E-state index in [0.717, 1.165) is 17.9 Å². The van der Waals surface area contributed by atoms with Crippen LogP contribution in [0.15, 0.2) is 18.2 Å². The van der Waals surface area contributed by atoms with E-state index >= 15 is 0 Å². The Balaban J connectivity index is 1.80. The largest absolute Gasteiger partial charge is 0.493 e. The maximum absolute atomic E-state index is 12.5. The van der Waals surface area contributed by atoms with E-state index < -0.39 is 0 Å². The van der Waals surface area contributed by atoms with Gasteiger partial charge in [-0.25, -0.2) is 0 Å². The van der Waals surface area contributed by atoms with Gasteiger partial charge in [-0.15, -0.1) is 0 Å². The molecule has 0 N–H and O–H groups in total. The molecule has 25 heavy (non-hydrogen) atoms. The van der Waals surface area contributed by atoms with Crippen LogP contribution in [0.3, 0.4) is 0 Å². The van der Waals surface area contributed by atoms with Gasteiger partial charge in [0.05, 0.1) is 26.1 Å². The third-order valence-corrected chi connectivity index (χ3v) is 4.32. The van der Waals surface area contributed by atoms with Crippen molar-refractivity contribution in [2.75, 3.05) is 26.3 Å². The van der Waals surface area contributed by atoms with Gasteiger partial charge in [0.1, 0.15) is 5.75 Å². The fraction of sp³-hybridized carbons (Fsp3) is 0.600. The molecule has 5 heteroatoms. The van der Waals surface area contributed by atoms with Crippen molar-refractivity contribution in [3.8, 4) is 5.75 Å². The van der Waals surface area contributed by atoms with Gasteiger partial charge in [-0.3, -0.25) is 9.59 Å². The zero-order chi connectivity index (χ0) is 18.2. The van der Waals surface area contributed by atoms with E-state index in [4.69, 9.17) is 9.47 Å². The van der Waals surface area contributed by atoms with Crippen LogP contribution in [0.5, 0.6) is 5.75 Å². The summed E-state index contributed by atoms with van der Waals surface area (Å²) < 4.78 is 10.7. The molecule has 5 nitrogen and oxygen atoms in total. The van der Waals surface area contributed by atoms with E-state index in [2.05, 4.69) is 6.07 Å². The number of aryl methyl sites for hydroxylation is 2. The van der Waals surface area contributed by atoms with Gasteiger partial charge in [0.25, 0.3) is 0 Å². The van der Waals surface area contributed by atoms with Crippen LogP contribution in [0, 0.1) is 19.8 Å². The topological polar surface area (TPSA) is 55.8 Å². The Labute approximate surface area is 150 Å². The van der Waals surface area contributed by atoms with E-state index in [1.54, 1.807) is 11.8 Å². The van der Waals surface area contributed by atoms with Crippen LogP contribution in [0.25, 0.3) is 0 Å². The van der Waals surface area contributed by atoms with Crippen molar-refractivity contribution in [1.82, 2.24) is 4.90 Å². The summed E-state index contributed by atoms with van der Waals surface area (Å²) in [5.74, 6) is 1.20. The van der Waals surface area contributed by atoms with Crippen molar-refractivity contribution in [1.29, 1.82) is 0 Å². The second kappa shape index (κ2) is 9.44. The van der Waals surface area contributed by atoms with Crippen LogP contribution >= 0.6 is 0 Å². The van der Waals surface area contributed by atoms with Gasteiger partial charge in [-0.05, 0) is 51.2 Å². The Morgan fingerprint density at radius 2 is 1.96 bits per heavy atom. The van der Waals surface area contributed by atoms with Crippen LogP contribution in [-0.4, -0.2) is 43.1 Å². The number of hydrogen-bond donors (Lipinski definition) is 0. The molecule has 0 heterocycles. The van der Waals surface area contributed by atoms with E-state index in [-0.39, 0.29) is 18.3 Å². The SMILES string of the molecule is CCOC(=O)CCN(CC1CC1)C(=O)CCOc1ccc(C)cc1C. The summed E-state index contributed by atoms with van der Waals surface area (Å²) >= 11 is 0. The average Bonchev–Trinajstić information content (AvgIpc) is 3.37. The van der Waals surface area contributed by atoms with E-state index in [9.17, 15) is 9.59 Å². The molecule has 1 aromatic carbocycles. The summed E-state index contributed by atoms with van der Waals surface area (Å²) in [6.07, 6.45) is 2.91. The van der Waals surface area contributed by atoms with Gasteiger partial charge in [-0.1, -0.05) is 17.7 Å². The number of hydrogen-bond acceptors (Lipinski definition) is 4. The van der Waals surface area contributed by atoms with Crippen molar-refractivity contribution in [3.63, 3.8) is 0 Å². The van der Waals surface area contributed by atoms with E-state index in [1.165, 1.54) is 18.4 Å². The van der Waals surface area contributed by atoms with Crippen LogP contribution in [0.1, 0.15) is 43.7 Å². The number of amides is 1. The first-order valence-corrected chi connectivity index (χ1v) is 9.13. The zero-order valence-electron chi connectivity index (χ0n) is 15.5. The maximum atomic E-state index is 12.5. The lowest BCUT2D eigenvalue weighted by atomic mass is 10.1. The van der Waals surface area contributed by atoms with Crippen LogP contribution in [0.2, 0.25) is 0 Å². The predicted octanol–water partition coefficient (Wildman–Crippen LogP) is 3.26. The number of nitrogens with zero attached hydrogens (tertiary/aromatic N) is 1. The normalized spacial score (nSPS) is 13.4. The molecule has 1 aliphatic rings. The van der Waals surface area contributed by atoms with Crippen LogP contribution in [0.4, 0.5) is 0 Å². The van der Waals surface area contributed by atoms with Crippen molar-refractivity contribution in [3.05, 3.63) is 29.3 Å². The Morgan fingerprint density at radius 3 is 2.60 bits per heavy atom. The van der Waals surface area contributed by atoms with Crippen molar-refractivity contribution < 1.29 is 19.1 Å². The summed E-state index contributed by atoms with van der Waals surface area (Å²) in [5, 5.41) is 0. The standard InChI is InChI=1S/C20H29NO4/c1-4-24-20(23)9-11-21(14-17-6-7-17)19(22)10-12-25-18-8-5-15(2)13-16(18)3/h5,8,13,17H,4,6-7,9-12,14H2,1-3H3. The van der Waals surface area contributed by atoms with E-state index in [0.29, 0.717) is 32.1 Å². The molecule has 0 spiro atoms. The highest BCUT2D eigenvalue weighted by molar-refractivity contribution is 5.77. The highest BCUT2D eigenvalue weighted by Gasteiger charge is 2.27. The summed E-state index contributed by atoms with van der Waals surface area (Å²) in [5.41, 5.74) is 2.26. The molecule has 1 saturated carbocycles. The molecule has 0 saturated heterocycles. The number of carbonyl (C=O) groups is 2. The summed E-state index contributed by atoms with van der Waals surface area (Å²) in [4.78, 5) is 25.8. The van der Waals surface area contributed by atoms with E-state index in [1.807, 2.05) is 26.0 Å². The monoisotopic (exact) mass is 347 g/mol. The van der Waals surface area contributed by atoms with Gasteiger partial charge in [-0.2, -0.15) is 0 Å². The summed E-state index contributed by atoms with van der Waals surface area (Å²) in [7, 11) is 0. The van der Waals surface area contributed by atoms with Crippen molar-refractivity contribution >= 4 is 11.9 Å². The van der Waals surface area contributed by atoms with Crippen LogP contribution < -0.4 is 4.74 Å². The number of benzene rings is 1. The molecule has 138 valence electrons. The lowest BCUT2D eigenvalue weighted by molar-refractivity contribution is -0.144. The number of rotatable bonds is 10. The molecule has 1 amide bonds. The number of esters is 1. The maximum Gasteiger partial charge on any atom is 0.307 e. The zero-order valence-corrected chi connectivity index (χ0v) is 15.5.